The molecule has 0 aliphatic rings. The number of hydrogen-bond acceptors (Lipinski definition) is 3. The van der Waals surface area contributed by atoms with Crippen LogP contribution < -0.4 is 5.73 Å². The van der Waals surface area contributed by atoms with Gasteiger partial charge in [-0.3, -0.25) is 0 Å². The van der Waals surface area contributed by atoms with Gasteiger partial charge in [0, 0.05) is 22.4 Å². The molecular weight excluding hydrogens is 280 g/mol. The topological polar surface area (TPSA) is 56.2 Å². The molecule has 0 saturated heterocycles. The molecule has 3 aromatic rings. The highest BCUT2D eigenvalue weighted by molar-refractivity contribution is 9.10. The minimum absolute atomic E-state index is 0.595. The zero-order chi connectivity index (χ0) is 11.8. The van der Waals surface area contributed by atoms with Crippen LogP contribution in [0.15, 0.2) is 47.2 Å². The van der Waals surface area contributed by atoms with Gasteiger partial charge < -0.3 is 5.73 Å². The Kier molecular flexibility index (Phi) is 2.33. The fraction of sp³-hybridized carbons (Fsp3) is 0. The lowest BCUT2D eigenvalue weighted by Crippen LogP contribution is -1.89. The lowest BCUT2D eigenvalue weighted by atomic mass is 10.1. The number of nitrogens with zero attached hydrogens (tertiary/aromatic N) is 3. The SMILES string of the molecule is Nc1c(-c2ccccc2Br)nn2cccnc12. The van der Waals surface area contributed by atoms with Crippen LogP contribution in [0.2, 0.25) is 0 Å². The summed E-state index contributed by atoms with van der Waals surface area (Å²) in [6.07, 6.45) is 3.54. The molecule has 0 atom stereocenters. The largest absolute Gasteiger partial charge is 0.394 e. The van der Waals surface area contributed by atoms with E-state index in [4.69, 9.17) is 5.73 Å². The van der Waals surface area contributed by atoms with Crippen molar-refractivity contribution in [2.24, 2.45) is 0 Å². The van der Waals surface area contributed by atoms with Gasteiger partial charge in [-0.25, -0.2) is 9.50 Å². The molecule has 0 bridgehead atoms. The van der Waals surface area contributed by atoms with Crippen molar-refractivity contribution in [1.82, 2.24) is 14.6 Å². The van der Waals surface area contributed by atoms with E-state index in [1.807, 2.05) is 36.5 Å². The summed E-state index contributed by atoms with van der Waals surface area (Å²) in [5.74, 6) is 0. The third-order valence-electron chi connectivity index (χ3n) is 2.56. The Labute approximate surface area is 106 Å². The van der Waals surface area contributed by atoms with E-state index in [9.17, 15) is 0 Å². The number of anilines is 1. The number of benzene rings is 1. The molecule has 2 aromatic heterocycles. The van der Waals surface area contributed by atoms with E-state index in [0.29, 0.717) is 11.3 Å². The van der Waals surface area contributed by atoms with Gasteiger partial charge in [0.25, 0.3) is 0 Å². The van der Waals surface area contributed by atoms with Crippen molar-refractivity contribution in [1.29, 1.82) is 0 Å². The summed E-state index contributed by atoms with van der Waals surface area (Å²) in [4.78, 5) is 4.22. The molecule has 0 radical (unpaired) electrons. The summed E-state index contributed by atoms with van der Waals surface area (Å²) in [5.41, 5.74) is 9.06. The van der Waals surface area contributed by atoms with E-state index in [-0.39, 0.29) is 0 Å². The molecule has 2 N–H and O–H groups in total. The maximum absolute atomic E-state index is 6.07. The van der Waals surface area contributed by atoms with Gasteiger partial charge in [0.2, 0.25) is 0 Å². The monoisotopic (exact) mass is 288 g/mol. The second-order valence-corrected chi connectivity index (χ2v) is 4.48. The molecule has 0 saturated carbocycles. The third kappa shape index (κ3) is 1.59. The van der Waals surface area contributed by atoms with E-state index >= 15 is 0 Å². The fourth-order valence-electron chi connectivity index (χ4n) is 1.76. The summed E-state index contributed by atoms with van der Waals surface area (Å²) >= 11 is 3.50. The second-order valence-electron chi connectivity index (χ2n) is 3.63. The minimum Gasteiger partial charge on any atom is -0.394 e. The number of aromatic nitrogens is 3. The van der Waals surface area contributed by atoms with E-state index in [2.05, 4.69) is 26.0 Å². The summed E-state index contributed by atoms with van der Waals surface area (Å²) in [7, 11) is 0. The summed E-state index contributed by atoms with van der Waals surface area (Å²) in [6.45, 7) is 0. The first-order chi connectivity index (χ1) is 8.27. The van der Waals surface area contributed by atoms with Gasteiger partial charge in [0.05, 0.1) is 0 Å². The Morgan fingerprint density at radius 1 is 1.18 bits per heavy atom. The van der Waals surface area contributed by atoms with Crippen LogP contribution in [0.25, 0.3) is 16.9 Å². The first-order valence-electron chi connectivity index (χ1n) is 5.11. The number of fused-ring (bicyclic) bond motifs is 1. The van der Waals surface area contributed by atoms with Gasteiger partial charge in [-0.2, -0.15) is 5.10 Å². The summed E-state index contributed by atoms with van der Waals surface area (Å²) in [5, 5.41) is 4.44. The molecule has 0 amide bonds. The Morgan fingerprint density at radius 2 is 2.00 bits per heavy atom. The second kappa shape index (κ2) is 3.85. The normalized spacial score (nSPS) is 10.9. The number of rotatable bonds is 1. The molecule has 0 spiro atoms. The molecule has 2 heterocycles. The highest BCUT2D eigenvalue weighted by atomic mass is 79.9. The van der Waals surface area contributed by atoms with Gasteiger partial charge >= 0.3 is 0 Å². The Morgan fingerprint density at radius 3 is 2.76 bits per heavy atom. The quantitative estimate of drug-likeness (QED) is 0.749. The van der Waals surface area contributed by atoms with Gasteiger partial charge in [0.15, 0.2) is 5.65 Å². The van der Waals surface area contributed by atoms with E-state index < -0.39 is 0 Å². The predicted octanol–water partition coefficient (Wildman–Crippen LogP) is 2.74. The lowest BCUT2D eigenvalue weighted by Gasteiger charge is -2.00. The molecular formula is C12H9BrN4. The number of nitrogens with two attached hydrogens (primary N) is 1. The van der Waals surface area contributed by atoms with Crippen molar-refractivity contribution in [2.45, 2.75) is 0 Å². The van der Waals surface area contributed by atoms with Crippen molar-refractivity contribution >= 4 is 27.3 Å². The molecule has 0 fully saturated rings. The molecule has 0 aliphatic carbocycles. The van der Waals surface area contributed by atoms with Gasteiger partial charge in [-0.15, -0.1) is 0 Å². The van der Waals surface area contributed by atoms with Crippen molar-refractivity contribution in [3.05, 3.63) is 47.2 Å². The predicted molar refractivity (Wildman–Crippen MR) is 70.5 cm³/mol. The average molecular weight is 289 g/mol. The van der Waals surface area contributed by atoms with Crippen LogP contribution in [-0.4, -0.2) is 14.6 Å². The van der Waals surface area contributed by atoms with Crippen LogP contribution in [0.5, 0.6) is 0 Å². The highest BCUT2D eigenvalue weighted by Gasteiger charge is 2.13. The summed E-state index contributed by atoms with van der Waals surface area (Å²) in [6, 6.07) is 9.67. The van der Waals surface area contributed by atoms with Crippen LogP contribution in [0.3, 0.4) is 0 Å². The van der Waals surface area contributed by atoms with Gasteiger partial charge in [-0.05, 0) is 12.1 Å². The maximum atomic E-state index is 6.07. The molecule has 17 heavy (non-hydrogen) atoms. The Balaban J connectivity index is 2.32. The van der Waals surface area contributed by atoms with Crippen LogP contribution in [0.1, 0.15) is 0 Å². The molecule has 5 heteroatoms. The molecule has 0 aliphatic heterocycles. The van der Waals surface area contributed by atoms with Crippen molar-refractivity contribution in [2.75, 3.05) is 5.73 Å². The standard InChI is InChI=1S/C12H9BrN4/c13-9-5-2-1-4-8(9)11-10(14)12-15-6-3-7-17(12)16-11/h1-7H,14H2. The lowest BCUT2D eigenvalue weighted by molar-refractivity contribution is 0.943. The van der Waals surface area contributed by atoms with Crippen molar-refractivity contribution in [3.8, 4) is 11.3 Å². The van der Waals surface area contributed by atoms with Crippen LogP contribution in [-0.2, 0) is 0 Å². The van der Waals surface area contributed by atoms with E-state index in [0.717, 1.165) is 15.7 Å². The zero-order valence-electron chi connectivity index (χ0n) is 8.84. The Bertz CT molecular complexity index is 690. The van der Waals surface area contributed by atoms with Crippen molar-refractivity contribution < 1.29 is 0 Å². The molecule has 3 rings (SSSR count). The number of hydrogen-bond donors (Lipinski definition) is 1. The molecule has 0 unspecified atom stereocenters. The van der Waals surface area contributed by atoms with Crippen LogP contribution in [0.4, 0.5) is 5.69 Å². The number of halogens is 1. The molecule has 1 aromatic carbocycles. The maximum Gasteiger partial charge on any atom is 0.178 e. The fourth-order valence-corrected chi connectivity index (χ4v) is 2.23. The average Bonchev–Trinajstić information content (AvgIpc) is 2.68. The van der Waals surface area contributed by atoms with Crippen LogP contribution in [0, 0.1) is 0 Å². The first-order valence-corrected chi connectivity index (χ1v) is 5.90. The van der Waals surface area contributed by atoms with Gasteiger partial charge in [-0.1, -0.05) is 34.1 Å². The van der Waals surface area contributed by atoms with Crippen LogP contribution >= 0.6 is 15.9 Å². The Hall–Kier alpha value is -1.88. The highest BCUT2D eigenvalue weighted by Crippen LogP contribution is 2.32. The minimum atomic E-state index is 0.595. The third-order valence-corrected chi connectivity index (χ3v) is 3.25. The van der Waals surface area contributed by atoms with Crippen molar-refractivity contribution in [3.63, 3.8) is 0 Å². The van der Waals surface area contributed by atoms with E-state index in [1.165, 1.54) is 0 Å². The molecule has 4 nitrogen and oxygen atoms in total. The zero-order valence-corrected chi connectivity index (χ0v) is 10.4. The van der Waals surface area contributed by atoms with E-state index in [1.54, 1.807) is 10.7 Å². The first kappa shape index (κ1) is 10.3. The molecule has 84 valence electrons. The smallest absolute Gasteiger partial charge is 0.178 e. The number of nitrogen functional groups attached to an aromatic ring is 1. The van der Waals surface area contributed by atoms with Gasteiger partial charge in [0.1, 0.15) is 11.4 Å². The summed E-state index contributed by atoms with van der Waals surface area (Å²) < 4.78 is 2.65.